The highest BCUT2D eigenvalue weighted by atomic mass is 32.2. The molecule has 0 spiro atoms. The highest BCUT2D eigenvalue weighted by Crippen LogP contribution is 2.29. The van der Waals surface area contributed by atoms with Crippen molar-refractivity contribution < 1.29 is 0 Å². The summed E-state index contributed by atoms with van der Waals surface area (Å²) in [6.07, 6.45) is 5.68. The van der Waals surface area contributed by atoms with Crippen LogP contribution in [0.1, 0.15) is 18.5 Å². The molecule has 1 aliphatic heterocycles. The molecular weight excluding hydrogens is 208 g/mol. The van der Waals surface area contributed by atoms with Gasteiger partial charge in [-0.3, -0.25) is 4.68 Å². The molecule has 2 rings (SSSR count). The SMILES string of the molecule is CNC(Cc1cn(C)nn1)C1CCCS1. The van der Waals surface area contributed by atoms with E-state index in [2.05, 4.69) is 27.4 Å². The molecule has 15 heavy (non-hydrogen) atoms. The van der Waals surface area contributed by atoms with Crippen molar-refractivity contribution in [1.82, 2.24) is 20.3 Å². The van der Waals surface area contributed by atoms with Crippen LogP contribution in [0.5, 0.6) is 0 Å². The summed E-state index contributed by atoms with van der Waals surface area (Å²) in [5, 5.41) is 12.3. The maximum atomic E-state index is 4.14. The first-order chi connectivity index (χ1) is 7.29. The summed E-state index contributed by atoms with van der Waals surface area (Å²) in [7, 11) is 3.95. The molecule has 1 N–H and O–H groups in total. The summed E-state index contributed by atoms with van der Waals surface area (Å²) >= 11 is 2.08. The summed E-state index contributed by atoms with van der Waals surface area (Å²) in [6, 6.07) is 0.536. The number of nitrogens with zero attached hydrogens (tertiary/aromatic N) is 3. The van der Waals surface area contributed by atoms with Gasteiger partial charge in [0.25, 0.3) is 0 Å². The number of hydrogen-bond donors (Lipinski definition) is 1. The molecule has 5 heteroatoms. The van der Waals surface area contributed by atoms with Gasteiger partial charge in [-0.2, -0.15) is 11.8 Å². The van der Waals surface area contributed by atoms with Gasteiger partial charge >= 0.3 is 0 Å². The fraction of sp³-hybridized carbons (Fsp3) is 0.800. The molecule has 0 aromatic carbocycles. The van der Waals surface area contributed by atoms with E-state index in [4.69, 9.17) is 0 Å². The van der Waals surface area contributed by atoms with E-state index in [0.717, 1.165) is 17.4 Å². The maximum Gasteiger partial charge on any atom is 0.0842 e. The minimum Gasteiger partial charge on any atom is -0.316 e. The second-order valence-electron chi connectivity index (χ2n) is 4.03. The molecule has 2 heterocycles. The Hall–Kier alpha value is -0.550. The lowest BCUT2D eigenvalue weighted by Gasteiger charge is -2.20. The average Bonchev–Trinajstić information content (AvgIpc) is 2.85. The minimum absolute atomic E-state index is 0.536. The van der Waals surface area contributed by atoms with Crippen LogP contribution in [-0.2, 0) is 13.5 Å². The Morgan fingerprint density at radius 1 is 1.73 bits per heavy atom. The molecule has 0 bridgehead atoms. The molecule has 0 radical (unpaired) electrons. The van der Waals surface area contributed by atoms with Gasteiger partial charge in [-0.25, -0.2) is 0 Å². The Balaban J connectivity index is 1.95. The zero-order valence-electron chi connectivity index (χ0n) is 9.31. The lowest BCUT2D eigenvalue weighted by molar-refractivity contribution is 0.518. The summed E-state index contributed by atoms with van der Waals surface area (Å²) in [5.41, 5.74) is 1.09. The molecule has 1 aromatic heterocycles. The van der Waals surface area contributed by atoms with Crippen LogP contribution < -0.4 is 5.32 Å². The molecule has 0 aliphatic carbocycles. The van der Waals surface area contributed by atoms with E-state index in [9.17, 15) is 0 Å². The van der Waals surface area contributed by atoms with Gasteiger partial charge < -0.3 is 5.32 Å². The fourth-order valence-corrected chi connectivity index (χ4v) is 3.49. The third-order valence-electron chi connectivity index (χ3n) is 2.86. The minimum atomic E-state index is 0.536. The highest BCUT2D eigenvalue weighted by Gasteiger charge is 2.25. The third-order valence-corrected chi connectivity index (χ3v) is 4.38. The topological polar surface area (TPSA) is 42.7 Å². The van der Waals surface area contributed by atoms with E-state index in [0.29, 0.717) is 6.04 Å². The number of thioether (sulfide) groups is 1. The van der Waals surface area contributed by atoms with Gasteiger partial charge in [0.15, 0.2) is 0 Å². The van der Waals surface area contributed by atoms with Crippen LogP contribution >= 0.6 is 11.8 Å². The Morgan fingerprint density at radius 3 is 3.13 bits per heavy atom. The van der Waals surface area contributed by atoms with Crippen LogP contribution in [-0.4, -0.2) is 39.1 Å². The van der Waals surface area contributed by atoms with E-state index < -0.39 is 0 Å². The van der Waals surface area contributed by atoms with Crippen molar-refractivity contribution in [2.75, 3.05) is 12.8 Å². The first-order valence-electron chi connectivity index (χ1n) is 5.43. The Labute approximate surface area is 94.8 Å². The second-order valence-corrected chi connectivity index (χ2v) is 5.38. The number of rotatable bonds is 4. The molecule has 2 unspecified atom stereocenters. The number of nitrogens with one attached hydrogen (secondary N) is 1. The van der Waals surface area contributed by atoms with Gasteiger partial charge in [0, 0.05) is 31.0 Å². The second kappa shape index (κ2) is 4.99. The van der Waals surface area contributed by atoms with Crippen LogP contribution in [0, 0.1) is 0 Å². The van der Waals surface area contributed by atoms with Gasteiger partial charge in [0.2, 0.25) is 0 Å². The van der Waals surface area contributed by atoms with Crippen LogP contribution in [0.3, 0.4) is 0 Å². The van der Waals surface area contributed by atoms with Crippen molar-refractivity contribution >= 4 is 11.8 Å². The van der Waals surface area contributed by atoms with Crippen molar-refractivity contribution in [3.8, 4) is 0 Å². The number of likely N-dealkylation sites (N-methyl/N-ethyl adjacent to an activating group) is 1. The number of hydrogen-bond acceptors (Lipinski definition) is 4. The molecule has 84 valence electrons. The molecule has 1 aromatic rings. The van der Waals surface area contributed by atoms with Crippen molar-refractivity contribution in [3.05, 3.63) is 11.9 Å². The summed E-state index contributed by atoms with van der Waals surface area (Å²) < 4.78 is 1.77. The van der Waals surface area contributed by atoms with Gasteiger partial charge in [0.1, 0.15) is 0 Å². The normalized spacial score (nSPS) is 23.2. The van der Waals surface area contributed by atoms with Gasteiger partial charge in [-0.15, -0.1) is 5.10 Å². The van der Waals surface area contributed by atoms with Gasteiger partial charge in [-0.1, -0.05) is 5.21 Å². The van der Waals surface area contributed by atoms with Gasteiger partial charge in [0.05, 0.1) is 5.69 Å². The first-order valence-corrected chi connectivity index (χ1v) is 6.48. The van der Waals surface area contributed by atoms with E-state index in [1.165, 1.54) is 18.6 Å². The van der Waals surface area contributed by atoms with E-state index in [1.807, 2.05) is 20.3 Å². The first kappa shape index (κ1) is 11.0. The highest BCUT2D eigenvalue weighted by molar-refractivity contribution is 8.00. The third kappa shape index (κ3) is 2.72. The van der Waals surface area contributed by atoms with Crippen LogP contribution in [0.15, 0.2) is 6.20 Å². The number of aryl methyl sites for hydroxylation is 1. The van der Waals surface area contributed by atoms with E-state index in [1.54, 1.807) is 4.68 Å². The largest absolute Gasteiger partial charge is 0.316 e. The molecule has 1 aliphatic rings. The fourth-order valence-electron chi connectivity index (χ4n) is 2.05. The van der Waals surface area contributed by atoms with Crippen LogP contribution in [0.2, 0.25) is 0 Å². The molecule has 1 saturated heterocycles. The van der Waals surface area contributed by atoms with Gasteiger partial charge in [-0.05, 0) is 25.6 Å². The van der Waals surface area contributed by atoms with Crippen molar-refractivity contribution in [2.45, 2.75) is 30.6 Å². The maximum absolute atomic E-state index is 4.14. The van der Waals surface area contributed by atoms with E-state index in [-0.39, 0.29) is 0 Å². The molecule has 0 amide bonds. The summed E-state index contributed by atoms with van der Waals surface area (Å²) in [5.74, 6) is 1.31. The Bertz CT molecular complexity index is 306. The predicted molar refractivity (Wildman–Crippen MR) is 63.0 cm³/mol. The molecule has 4 nitrogen and oxygen atoms in total. The predicted octanol–water partition coefficient (Wildman–Crippen LogP) is 0.841. The lowest BCUT2D eigenvalue weighted by atomic mass is 10.1. The quantitative estimate of drug-likeness (QED) is 0.826. The van der Waals surface area contributed by atoms with Crippen LogP contribution in [0.4, 0.5) is 0 Å². The standard InChI is InChI=1S/C10H18N4S/c1-11-9(10-4-3-5-15-10)6-8-7-14(2)13-12-8/h7,9-11H,3-6H2,1-2H3. The van der Waals surface area contributed by atoms with Crippen molar-refractivity contribution in [1.29, 1.82) is 0 Å². The summed E-state index contributed by atoms with van der Waals surface area (Å²) in [6.45, 7) is 0. The number of aromatic nitrogens is 3. The molecule has 0 saturated carbocycles. The van der Waals surface area contributed by atoms with Crippen molar-refractivity contribution in [2.24, 2.45) is 7.05 Å². The van der Waals surface area contributed by atoms with Crippen LogP contribution in [0.25, 0.3) is 0 Å². The zero-order valence-corrected chi connectivity index (χ0v) is 10.1. The monoisotopic (exact) mass is 226 g/mol. The van der Waals surface area contributed by atoms with Crippen molar-refractivity contribution in [3.63, 3.8) is 0 Å². The molecular formula is C10H18N4S. The smallest absolute Gasteiger partial charge is 0.0842 e. The molecule has 1 fully saturated rings. The van der Waals surface area contributed by atoms with E-state index >= 15 is 0 Å². The summed E-state index contributed by atoms with van der Waals surface area (Å²) in [4.78, 5) is 0. The lowest BCUT2D eigenvalue weighted by Crippen LogP contribution is -2.36. The zero-order chi connectivity index (χ0) is 10.7. The average molecular weight is 226 g/mol. The molecule has 2 atom stereocenters. The Morgan fingerprint density at radius 2 is 2.60 bits per heavy atom. The Kier molecular flexibility index (Phi) is 3.64.